The molecule has 1 amide bonds. The highest BCUT2D eigenvalue weighted by Crippen LogP contribution is 2.34. The molecule has 4 rings (SSSR count). The number of furan rings is 1. The number of hydrazone groups is 1. The topological polar surface area (TPSA) is 63.8 Å². The van der Waals surface area contributed by atoms with E-state index in [-0.39, 0.29) is 5.76 Å². The maximum atomic E-state index is 12.2. The van der Waals surface area contributed by atoms with Gasteiger partial charge in [0.25, 0.3) is 0 Å². The first kappa shape index (κ1) is 21.4. The highest BCUT2D eigenvalue weighted by molar-refractivity contribution is 9.10. The number of nitrogens with one attached hydrogen (secondary N) is 1. The van der Waals surface area contributed by atoms with Gasteiger partial charge in [-0.2, -0.15) is 5.10 Å². The van der Waals surface area contributed by atoms with Gasteiger partial charge in [0, 0.05) is 9.86 Å². The second-order valence-corrected chi connectivity index (χ2v) is 8.31. The number of carbonyl (C=O) groups excluding carboxylic acids is 1. The number of hydrogen-bond acceptors (Lipinski definition) is 4. The Morgan fingerprint density at radius 2 is 1.77 bits per heavy atom. The van der Waals surface area contributed by atoms with Gasteiger partial charge in [-0.1, -0.05) is 69.5 Å². The molecule has 1 aromatic heterocycles. The van der Waals surface area contributed by atoms with E-state index < -0.39 is 5.91 Å². The largest absolute Gasteiger partial charge is 0.486 e. The summed E-state index contributed by atoms with van der Waals surface area (Å²) in [7, 11) is 0. The molecule has 0 bridgehead atoms. The predicted molar refractivity (Wildman–Crippen MR) is 126 cm³/mol. The number of para-hydroxylation sites is 1. The number of carbonyl (C=O) groups is 1. The van der Waals surface area contributed by atoms with Crippen molar-refractivity contribution in [2.75, 3.05) is 0 Å². The summed E-state index contributed by atoms with van der Waals surface area (Å²) < 4.78 is 12.3. The molecule has 0 aliphatic heterocycles. The third-order valence-electron chi connectivity index (χ3n) is 4.35. The Bertz CT molecular complexity index is 1210. The summed E-state index contributed by atoms with van der Waals surface area (Å²) in [5, 5.41) is 5.48. The minimum Gasteiger partial charge on any atom is -0.486 e. The fraction of sp³-hybridized carbons (Fsp3) is 0.0435. The van der Waals surface area contributed by atoms with Crippen molar-refractivity contribution in [1.29, 1.82) is 0 Å². The van der Waals surface area contributed by atoms with Crippen LogP contribution in [0.25, 0.3) is 11.0 Å². The number of fused-ring (bicyclic) bond motifs is 1. The highest BCUT2D eigenvalue weighted by Gasteiger charge is 2.12. The van der Waals surface area contributed by atoms with E-state index in [9.17, 15) is 4.79 Å². The van der Waals surface area contributed by atoms with Gasteiger partial charge < -0.3 is 9.15 Å². The van der Waals surface area contributed by atoms with E-state index in [0.717, 1.165) is 15.4 Å². The fourth-order valence-corrected chi connectivity index (χ4v) is 3.72. The van der Waals surface area contributed by atoms with Gasteiger partial charge in [0.1, 0.15) is 12.2 Å². The van der Waals surface area contributed by atoms with Crippen LogP contribution in [-0.2, 0) is 6.61 Å². The Morgan fingerprint density at radius 3 is 2.48 bits per heavy atom. The first-order valence-electron chi connectivity index (χ1n) is 9.18. The van der Waals surface area contributed by atoms with Crippen molar-refractivity contribution in [2.24, 2.45) is 5.10 Å². The van der Waals surface area contributed by atoms with Crippen LogP contribution in [0.2, 0.25) is 10.0 Å². The van der Waals surface area contributed by atoms with Gasteiger partial charge in [-0.05, 0) is 47.5 Å². The maximum absolute atomic E-state index is 12.2. The van der Waals surface area contributed by atoms with Gasteiger partial charge in [-0.15, -0.1) is 0 Å². The summed E-state index contributed by atoms with van der Waals surface area (Å²) in [6.45, 7) is 0.327. The zero-order valence-corrected chi connectivity index (χ0v) is 19.0. The Kier molecular flexibility index (Phi) is 6.61. The van der Waals surface area contributed by atoms with Crippen molar-refractivity contribution in [3.05, 3.63) is 98.1 Å². The molecule has 0 fully saturated rings. The molecule has 0 aliphatic rings. The van der Waals surface area contributed by atoms with E-state index in [4.69, 9.17) is 32.4 Å². The quantitative estimate of drug-likeness (QED) is 0.225. The van der Waals surface area contributed by atoms with Gasteiger partial charge in [0.2, 0.25) is 0 Å². The molecule has 1 heterocycles. The number of amides is 1. The van der Waals surface area contributed by atoms with Crippen molar-refractivity contribution in [3.8, 4) is 5.75 Å². The number of halogens is 3. The molecular formula is C23H15BrCl2N2O3. The standard InChI is InChI=1S/C23H15BrCl2N2O3/c24-17-7-5-14(6-8-17)13-30-22-18(25)9-15(10-19(22)26)12-27-28-23(29)21-11-16-3-1-2-4-20(16)31-21/h1-12H,13H2,(H,28,29)/b27-12+. The molecule has 4 aromatic rings. The number of ether oxygens (including phenoxy) is 1. The lowest BCUT2D eigenvalue weighted by Crippen LogP contribution is -2.16. The van der Waals surface area contributed by atoms with E-state index in [2.05, 4.69) is 26.5 Å². The molecule has 1 N–H and O–H groups in total. The molecule has 8 heteroatoms. The summed E-state index contributed by atoms with van der Waals surface area (Å²) >= 11 is 16.1. The van der Waals surface area contributed by atoms with Gasteiger partial charge in [0.15, 0.2) is 11.5 Å². The van der Waals surface area contributed by atoms with Crippen molar-refractivity contribution in [1.82, 2.24) is 5.43 Å². The molecule has 156 valence electrons. The maximum Gasteiger partial charge on any atom is 0.307 e. The molecule has 0 spiro atoms. The number of nitrogens with zero attached hydrogens (tertiary/aromatic N) is 1. The monoisotopic (exact) mass is 516 g/mol. The third-order valence-corrected chi connectivity index (χ3v) is 5.44. The van der Waals surface area contributed by atoms with Gasteiger partial charge >= 0.3 is 5.91 Å². The summed E-state index contributed by atoms with van der Waals surface area (Å²) in [6.07, 6.45) is 1.44. The molecule has 0 saturated heterocycles. The van der Waals surface area contributed by atoms with E-state index >= 15 is 0 Å². The molecule has 0 saturated carbocycles. The average Bonchev–Trinajstić information content (AvgIpc) is 3.19. The summed E-state index contributed by atoms with van der Waals surface area (Å²) in [5.74, 6) is 0.0971. The van der Waals surface area contributed by atoms with Gasteiger partial charge in [0.05, 0.1) is 16.3 Å². The fourth-order valence-electron chi connectivity index (χ4n) is 2.84. The van der Waals surface area contributed by atoms with E-state index in [0.29, 0.717) is 33.5 Å². The Morgan fingerprint density at radius 1 is 1.06 bits per heavy atom. The van der Waals surface area contributed by atoms with Crippen LogP contribution in [0.1, 0.15) is 21.7 Å². The zero-order valence-electron chi connectivity index (χ0n) is 15.9. The molecule has 0 atom stereocenters. The van der Waals surface area contributed by atoms with Crippen LogP contribution in [0.3, 0.4) is 0 Å². The molecule has 31 heavy (non-hydrogen) atoms. The summed E-state index contributed by atoms with van der Waals surface area (Å²) in [6, 6.07) is 20.1. The summed E-state index contributed by atoms with van der Waals surface area (Å²) in [5.41, 5.74) is 4.65. The first-order chi connectivity index (χ1) is 15.0. The van der Waals surface area contributed by atoms with Crippen molar-refractivity contribution < 1.29 is 13.9 Å². The van der Waals surface area contributed by atoms with Gasteiger partial charge in [-0.3, -0.25) is 4.79 Å². The minimum atomic E-state index is -0.459. The molecule has 3 aromatic carbocycles. The molecule has 0 unspecified atom stereocenters. The number of benzene rings is 3. The van der Waals surface area contributed by atoms with Crippen molar-refractivity contribution >= 4 is 62.2 Å². The lowest BCUT2D eigenvalue weighted by Gasteiger charge is -2.11. The Hall–Kier alpha value is -2.80. The first-order valence-corrected chi connectivity index (χ1v) is 10.7. The van der Waals surface area contributed by atoms with Crippen molar-refractivity contribution in [2.45, 2.75) is 6.61 Å². The Labute approximate surface area is 196 Å². The highest BCUT2D eigenvalue weighted by atomic mass is 79.9. The lowest BCUT2D eigenvalue weighted by molar-refractivity contribution is 0.0929. The predicted octanol–water partition coefficient (Wildman–Crippen LogP) is 6.85. The number of hydrogen-bond donors (Lipinski definition) is 1. The normalized spacial score (nSPS) is 11.2. The van der Waals surface area contributed by atoms with Crippen LogP contribution in [0.4, 0.5) is 0 Å². The minimum absolute atomic E-state index is 0.172. The van der Waals surface area contributed by atoms with E-state index in [1.54, 1.807) is 24.3 Å². The smallest absolute Gasteiger partial charge is 0.307 e. The second kappa shape index (κ2) is 9.56. The Balaban J connectivity index is 1.40. The van der Waals surface area contributed by atoms with E-state index in [1.165, 1.54) is 6.21 Å². The lowest BCUT2D eigenvalue weighted by atomic mass is 10.2. The number of rotatable bonds is 6. The van der Waals surface area contributed by atoms with Crippen LogP contribution in [0, 0.1) is 0 Å². The average molecular weight is 518 g/mol. The van der Waals surface area contributed by atoms with E-state index in [1.807, 2.05) is 42.5 Å². The van der Waals surface area contributed by atoms with Crippen LogP contribution in [-0.4, -0.2) is 12.1 Å². The summed E-state index contributed by atoms with van der Waals surface area (Å²) in [4.78, 5) is 12.2. The SMILES string of the molecule is O=C(N/N=C/c1cc(Cl)c(OCc2ccc(Br)cc2)c(Cl)c1)c1cc2ccccc2o1. The van der Waals surface area contributed by atoms with Crippen LogP contribution in [0.5, 0.6) is 5.75 Å². The van der Waals surface area contributed by atoms with Crippen LogP contribution >= 0.6 is 39.1 Å². The van der Waals surface area contributed by atoms with Crippen LogP contribution in [0.15, 0.2) is 80.7 Å². The molecule has 0 aliphatic carbocycles. The second-order valence-electron chi connectivity index (χ2n) is 6.58. The molecular weight excluding hydrogens is 503 g/mol. The third kappa shape index (κ3) is 5.28. The molecule has 5 nitrogen and oxygen atoms in total. The van der Waals surface area contributed by atoms with Crippen LogP contribution < -0.4 is 10.2 Å². The zero-order chi connectivity index (χ0) is 21.8. The van der Waals surface area contributed by atoms with Gasteiger partial charge in [-0.25, -0.2) is 5.43 Å². The van der Waals surface area contributed by atoms with Crippen molar-refractivity contribution in [3.63, 3.8) is 0 Å². The molecule has 0 radical (unpaired) electrons.